The van der Waals surface area contributed by atoms with E-state index in [1.807, 2.05) is 19.1 Å². The number of anilines is 5. The number of nitroso groups, excluding NO2 is 3. The zero-order valence-corrected chi connectivity index (χ0v) is 19.9. The van der Waals surface area contributed by atoms with Crippen molar-refractivity contribution < 1.29 is 13.0 Å². The van der Waals surface area contributed by atoms with Crippen LogP contribution in [0.15, 0.2) is 84.2 Å². The Morgan fingerprint density at radius 1 is 0.657 bits per heavy atom. The number of nitrogen functional groups attached to an aromatic ring is 5. The molecule has 0 radical (unpaired) electrons. The van der Waals surface area contributed by atoms with E-state index in [1.165, 1.54) is 42.5 Å². The van der Waals surface area contributed by atoms with Gasteiger partial charge in [-0.2, -0.15) is 8.42 Å². The molecule has 0 aliphatic carbocycles. The molecule has 3 rings (SSSR count). The summed E-state index contributed by atoms with van der Waals surface area (Å²) in [5.41, 5.74) is 30.5. The summed E-state index contributed by atoms with van der Waals surface area (Å²) in [6.07, 6.45) is 0. The molecule has 0 aliphatic heterocycles. The van der Waals surface area contributed by atoms with E-state index < -0.39 is 20.7 Å². The van der Waals surface area contributed by atoms with Gasteiger partial charge < -0.3 is 28.7 Å². The van der Waals surface area contributed by atoms with Gasteiger partial charge in [0.2, 0.25) is 0 Å². The first kappa shape index (κ1) is 28.8. The maximum Gasteiger partial charge on any atom is 0.294 e. The molecule has 14 nitrogen and oxygen atoms in total. The Hall–Kier alpha value is -4.28. The number of aryl methyl sites for hydroxylation is 1. The third-order valence-corrected chi connectivity index (χ3v) is 6.55. The summed E-state index contributed by atoms with van der Waals surface area (Å²) < 4.78 is 36.5. The van der Waals surface area contributed by atoms with Gasteiger partial charge in [-0.05, 0) is 73.2 Å². The van der Waals surface area contributed by atoms with E-state index in [-0.39, 0.29) is 21.2 Å². The minimum atomic E-state index is -4.08. The largest absolute Gasteiger partial charge is 0.399 e. The lowest BCUT2D eigenvalue weighted by atomic mass is 10.2. The molecular weight excluding hydrogens is 500 g/mol. The van der Waals surface area contributed by atoms with Crippen LogP contribution in [0.1, 0.15) is 5.56 Å². The van der Waals surface area contributed by atoms with Crippen LogP contribution in [0.4, 0.5) is 28.4 Å². The van der Waals surface area contributed by atoms with Crippen molar-refractivity contribution in [1.82, 2.24) is 0 Å². The van der Waals surface area contributed by atoms with Crippen LogP contribution in [0.5, 0.6) is 0 Å². The lowest BCUT2D eigenvalue weighted by Gasteiger charge is -2.16. The first-order valence-electron chi connectivity index (χ1n) is 9.26. The van der Waals surface area contributed by atoms with Crippen molar-refractivity contribution in [1.29, 1.82) is 0 Å². The van der Waals surface area contributed by atoms with E-state index in [2.05, 4.69) is 13.7 Å². The highest BCUT2D eigenvalue weighted by Crippen LogP contribution is 2.61. The Morgan fingerprint density at radius 3 is 1.49 bits per heavy atom. The van der Waals surface area contributed by atoms with Gasteiger partial charge in [0, 0.05) is 42.2 Å². The van der Waals surface area contributed by atoms with Gasteiger partial charge in [0.15, 0.2) is 10.6 Å². The van der Waals surface area contributed by atoms with E-state index >= 15 is 0 Å². The Morgan fingerprint density at radius 2 is 1.09 bits per heavy atom. The fourth-order valence-corrected chi connectivity index (χ4v) is 3.77. The zero-order valence-electron chi connectivity index (χ0n) is 18.3. The lowest BCUT2D eigenvalue weighted by Crippen LogP contribution is -1.98. The van der Waals surface area contributed by atoms with Gasteiger partial charge in [-0.1, -0.05) is 0 Å². The van der Waals surface area contributed by atoms with E-state index in [0.717, 1.165) is 16.9 Å². The Kier molecular flexibility index (Phi) is 10.1. The summed E-state index contributed by atoms with van der Waals surface area (Å²) in [7, 11) is -7.61. The van der Waals surface area contributed by atoms with Crippen LogP contribution in [0.2, 0.25) is 0 Å². The van der Waals surface area contributed by atoms with Gasteiger partial charge in [0.1, 0.15) is 0 Å². The molecule has 11 N–H and O–H groups in total. The van der Waals surface area contributed by atoms with Crippen molar-refractivity contribution >= 4 is 49.1 Å². The summed E-state index contributed by atoms with van der Waals surface area (Å²) >= 11 is 0. The van der Waals surface area contributed by atoms with Crippen LogP contribution in [0, 0.1) is 21.6 Å². The average Bonchev–Trinajstić information content (AvgIpc) is 2.81. The predicted molar refractivity (Wildman–Crippen MR) is 139 cm³/mol. The number of hydrogen-bond donors (Lipinski definition) is 6. The number of nitrogens with zero attached hydrogens (tertiary/aromatic N) is 3. The van der Waals surface area contributed by atoms with Crippen LogP contribution in [0.25, 0.3) is 0 Å². The fraction of sp³-hybridized carbons (Fsp3) is 0.0526. The fourth-order valence-electron chi connectivity index (χ4n) is 2.29. The molecule has 0 saturated heterocycles. The van der Waals surface area contributed by atoms with Crippen molar-refractivity contribution in [3.8, 4) is 0 Å². The summed E-state index contributed by atoms with van der Waals surface area (Å²) in [6.45, 7) is 1.94. The van der Waals surface area contributed by atoms with E-state index in [9.17, 15) is 23.1 Å². The molecule has 0 saturated carbocycles. The highest BCUT2D eigenvalue weighted by molar-refractivity contribution is 8.30. The van der Waals surface area contributed by atoms with Gasteiger partial charge in [-0.15, -0.1) is 14.7 Å². The molecular formula is C19H24N8O6S2. The summed E-state index contributed by atoms with van der Waals surface area (Å²) in [4.78, 5) is 31.1. The quantitative estimate of drug-likeness (QED) is 0.159. The molecule has 0 aliphatic rings. The molecule has 0 heterocycles. The van der Waals surface area contributed by atoms with Crippen molar-refractivity contribution in [3.05, 3.63) is 80.9 Å². The summed E-state index contributed by atoms with van der Waals surface area (Å²) in [6, 6.07) is 14.7. The molecule has 35 heavy (non-hydrogen) atoms. The molecule has 3 aromatic rings. The second-order valence-electron chi connectivity index (χ2n) is 6.70. The van der Waals surface area contributed by atoms with Crippen LogP contribution in [-0.4, -0.2) is 13.0 Å². The molecule has 16 heteroatoms. The van der Waals surface area contributed by atoms with Gasteiger partial charge >= 0.3 is 0 Å². The third kappa shape index (κ3) is 8.22. The predicted octanol–water partition coefficient (Wildman–Crippen LogP) is 3.73. The number of rotatable bonds is 5. The van der Waals surface area contributed by atoms with Crippen molar-refractivity contribution in [3.63, 3.8) is 0 Å². The second kappa shape index (κ2) is 12.3. The SMILES string of the molecule is Cc1cc(N)ccc1N.Nc1ccc(N)c(S(N=O)(N=O)N=O)c1.Nc1ccc(S(=O)(=O)O)cc1. The molecule has 0 aromatic heterocycles. The van der Waals surface area contributed by atoms with Crippen LogP contribution in [-0.2, 0) is 10.1 Å². The topological polar surface area (TPSA) is 273 Å². The van der Waals surface area contributed by atoms with Crippen molar-refractivity contribution in [2.45, 2.75) is 16.7 Å². The Labute approximate surface area is 202 Å². The smallest absolute Gasteiger partial charge is 0.294 e. The Balaban J connectivity index is 0.000000272. The number of nitrogens with two attached hydrogens (primary N) is 5. The maximum absolute atomic E-state index is 10.5. The van der Waals surface area contributed by atoms with Gasteiger partial charge in [-0.3, -0.25) is 4.55 Å². The number of benzene rings is 3. The molecule has 3 aromatic carbocycles. The first-order valence-corrected chi connectivity index (χ1v) is 12.2. The molecule has 0 fully saturated rings. The summed E-state index contributed by atoms with van der Waals surface area (Å²) in [5, 5.41) is 0. The third-order valence-electron chi connectivity index (χ3n) is 4.12. The van der Waals surface area contributed by atoms with Crippen LogP contribution in [0.3, 0.4) is 0 Å². The normalized spacial score (nSPS) is 11.0. The second-order valence-corrected chi connectivity index (χ2v) is 10.0. The van der Waals surface area contributed by atoms with Crippen LogP contribution < -0.4 is 28.7 Å². The van der Waals surface area contributed by atoms with Crippen molar-refractivity contribution in [2.75, 3.05) is 28.7 Å². The highest BCUT2D eigenvalue weighted by atomic mass is 32.3. The minimum Gasteiger partial charge on any atom is -0.399 e. The molecule has 0 spiro atoms. The molecule has 0 amide bonds. The van der Waals surface area contributed by atoms with Crippen molar-refractivity contribution in [2.24, 2.45) is 13.7 Å². The molecule has 0 unspecified atom stereocenters. The Bertz CT molecular complexity index is 1280. The van der Waals surface area contributed by atoms with Gasteiger partial charge in [0.05, 0.1) is 9.79 Å². The van der Waals surface area contributed by atoms with Crippen LogP contribution >= 0.6 is 10.6 Å². The number of hydrogen-bond acceptors (Lipinski definition) is 13. The molecule has 0 bridgehead atoms. The molecule has 188 valence electrons. The van der Waals surface area contributed by atoms with E-state index in [4.69, 9.17) is 33.2 Å². The lowest BCUT2D eigenvalue weighted by molar-refractivity contribution is 0.483. The first-order chi connectivity index (χ1) is 16.3. The maximum atomic E-state index is 10.5. The average molecular weight is 525 g/mol. The standard InChI is InChI=1S/C7H10N2.C6H7N5O3S.C6H7NO3S/c1-5-4-6(8)2-3-7(5)9;7-4-1-2-5(8)6(3-4)15(9-12,10-13)11-14;7-5-1-3-6(4-2-5)11(8,9)10/h2-4H,8-9H2,1H3;1-3H,7-8H2;1-4H,7H2,(H,8,9,10). The monoisotopic (exact) mass is 524 g/mol. The summed E-state index contributed by atoms with van der Waals surface area (Å²) in [5.74, 6) is 0. The van der Waals surface area contributed by atoms with E-state index in [0.29, 0.717) is 5.69 Å². The zero-order chi connectivity index (χ0) is 26.8. The highest BCUT2D eigenvalue weighted by Gasteiger charge is 2.33. The molecule has 0 atom stereocenters. The minimum absolute atomic E-state index is 0.0259. The van der Waals surface area contributed by atoms with E-state index in [1.54, 1.807) is 6.07 Å². The van der Waals surface area contributed by atoms with Gasteiger partial charge in [-0.25, -0.2) is 0 Å². The van der Waals surface area contributed by atoms with Gasteiger partial charge in [0.25, 0.3) is 10.1 Å².